The van der Waals surface area contributed by atoms with Crippen molar-refractivity contribution in [3.63, 3.8) is 0 Å². The summed E-state index contributed by atoms with van der Waals surface area (Å²) in [4.78, 5) is 15.4. The second-order valence-corrected chi connectivity index (χ2v) is 4.36. The Kier molecular flexibility index (Phi) is 2.68. The number of thiocarbonyl (C=S) groups is 1. The van der Waals surface area contributed by atoms with Gasteiger partial charge in [0.2, 0.25) is 0 Å². The number of amides is 2. The highest BCUT2D eigenvalue weighted by atomic mass is 32.1. The van der Waals surface area contributed by atoms with Crippen molar-refractivity contribution in [2.75, 3.05) is 13.6 Å². The quantitative estimate of drug-likeness (QED) is 0.681. The Morgan fingerprint density at radius 2 is 2.07 bits per heavy atom. The minimum atomic E-state index is -0.0122. The van der Waals surface area contributed by atoms with E-state index in [0.29, 0.717) is 5.11 Å². The van der Waals surface area contributed by atoms with Crippen LogP contribution in [0.15, 0.2) is 0 Å². The monoisotopic (exact) mass is 228 g/mol. The second kappa shape index (κ2) is 3.84. The lowest BCUT2D eigenvalue weighted by atomic mass is 10.3. The van der Waals surface area contributed by atoms with Gasteiger partial charge in [-0.15, -0.1) is 0 Å². The number of unbranched alkanes of at least 4 members (excludes halogenated alkanes) is 1. The van der Waals surface area contributed by atoms with E-state index in [2.05, 4.69) is 17.6 Å². The second-order valence-electron chi connectivity index (χ2n) is 3.95. The highest BCUT2D eigenvalue weighted by Gasteiger charge is 2.47. The van der Waals surface area contributed by atoms with Crippen molar-refractivity contribution in [2.45, 2.75) is 32.1 Å². The number of carbonyl (C=O) groups is 1. The molecule has 5 nitrogen and oxygen atoms in total. The Hall–Kier alpha value is -1.04. The van der Waals surface area contributed by atoms with Crippen molar-refractivity contribution in [1.29, 1.82) is 0 Å². The summed E-state index contributed by atoms with van der Waals surface area (Å²) in [5.41, 5.74) is 0. The van der Waals surface area contributed by atoms with Crippen LogP contribution in [0.1, 0.15) is 19.8 Å². The van der Waals surface area contributed by atoms with E-state index in [1.54, 1.807) is 11.9 Å². The Labute approximate surface area is 94.8 Å². The average Bonchev–Trinajstić information content (AvgIpc) is 2.67. The smallest absolute Gasteiger partial charge is 0.323 e. The summed E-state index contributed by atoms with van der Waals surface area (Å²) in [7, 11) is 1.80. The van der Waals surface area contributed by atoms with Gasteiger partial charge in [-0.1, -0.05) is 13.3 Å². The first-order valence-corrected chi connectivity index (χ1v) is 5.66. The maximum Gasteiger partial charge on any atom is 0.323 e. The van der Waals surface area contributed by atoms with Crippen molar-refractivity contribution in [1.82, 2.24) is 20.4 Å². The number of nitrogens with zero attached hydrogens (tertiary/aromatic N) is 2. The molecule has 0 radical (unpaired) electrons. The molecule has 2 saturated heterocycles. The van der Waals surface area contributed by atoms with Gasteiger partial charge in [0, 0.05) is 13.6 Å². The van der Waals surface area contributed by atoms with E-state index >= 15 is 0 Å². The van der Waals surface area contributed by atoms with Gasteiger partial charge in [-0.25, -0.2) is 4.79 Å². The molecular formula is C9H16N4OS. The SMILES string of the molecule is CCCCN1C(=O)N(C)[C@H]2NC(=S)N[C@@H]21. The highest BCUT2D eigenvalue weighted by molar-refractivity contribution is 7.80. The van der Waals surface area contributed by atoms with Crippen molar-refractivity contribution in [3.05, 3.63) is 0 Å². The first-order valence-electron chi connectivity index (χ1n) is 5.25. The van der Waals surface area contributed by atoms with Crippen LogP contribution < -0.4 is 10.6 Å². The van der Waals surface area contributed by atoms with Gasteiger partial charge in [-0.2, -0.15) is 0 Å². The topological polar surface area (TPSA) is 47.6 Å². The lowest BCUT2D eigenvalue weighted by Gasteiger charge is -2.21. The third-order valence-corrected chi connectivity index (χ3v) is 3.15. The summed E-state index contributed by atoms with van der Waals surface area (Å²) in [5, 5.41) is 6.84. The van der Waals surface area contributed by atoms with Gasteiger partial charge < -0.3 is 20.4 Å². The van der Waals surface area contributed by atoms with Crippen molar-refractivity contribution in [3.8, 4) is 0 Å². The number of rotatable bonds is 3. The number of fused-ring (bicyclic) bond motifs is 1. The fraction of sp³-hybridized carbons (Fsp3) is 0.778. The molecule has 0 aromatic heterocycles. The molecule has 0 aromatic rings. The van der Waals surface area contributed by atoms with Crippen LogP contribution in [0.25, 0.3) is 0 Å². The molecule has 2 amide bonds. The molecule has 84 valence electrons. The molecule has 15 heavy (non-hydrogen) atoms. The normalized spacial score (nSPS) is 29.2. The zero-order valence-electron chi connectivity index (χ0n) is 8.99. The molecule has 2 N–H and O–H groups in total. The summed E-state index contributed by atoms with van der Waals surface area (Å²) in [5.74, 6) is 0. The van der Waals surface area contributed by atoms with Crippen LogP contribution in [0.3, 0.4) is 0 Å². The zero-order chi connectivity index (χ0) is 11.0. The van der Waals surface area contributed by atoms with Gasteiger partial charge in [0.05, 0.1) is 0 Å². The molecule has 2 heterocycles. The molecular weight excluding hydrogens is 212 g/mol. The summed E-state index contributed by atoms with van der Waals surface area (Å²) < 4.78 is 0. The first kappa shape index (κ1) is 10.5. The largest absolute Gasteiger partial charge is 0.339 e. The fourth-order valence-electron chi connectivity index (χ4n) is 2.03. The molecule has 0 saturated carbocycles. The number of urea groups is 1. The number of carbonyl (C=O) groups excluding carboxylic acids is 1. The molecule has 6 heteroatoms. The van der Waals surface area contributed by atoms with Crippen LogP contribution in [0, 0.1) is 0 Å². The van der Waals surface area contributed by atoms with Crippen molar-refractivity contribution in [2.24, 2.45) is 0 Å². The van der Waals surface area contributed by atoms with Gasteiger partial charge in [-0.05, 0) is 18.6 Å². The van der Waals surface area contributed by atoms with E-state index in [1.807, 2.05) is 4.90 Å². The number of hydrogen-bond donors (Lipinski definition) is 2. The van der Waals surface area contributed by atoms with E-state index in [1.165, 1.54) is 0 Å². The maximum atomic E-state index is 11.9. The van der Waals surface area contributed by atoms with Gasteiger partial charge in [-0.3, -0.25) is 0 Å². The summed E-state index contributed by atoms with van der Waals surface area (Å²) in [6.07, 6.45) is 2.10. The Morgan fingerprint density at radius 3 is 2.73 bits per heavy atom. The molecule has 2 aliphatic rings. The van der Waals surface area contributed by atoms with E-state index < -0.39 is 0 Å². The number of hydrogen-bond acceptors (Lipinski definition) is 2. The zero-order valence-corrected chi connectivity index (χ0v) is 9.80. The molecule has 2 atom stereocenters. The molecule has 2 aliphatic heterocycles. The van der Waals surface area contributed by atoms with Crippen LogP contribution in [-0.2, 0) is 0 Å². The predicted molar refractivity (Wildman–Crippen MR) is 61.2 cm³/mol. The first-order chi connectivity index (χ1) is 7.15. The predicted octanol–water partition coefficient (Wildman–Crippen LogP) is 0.284. The lowest BCUT2D eigenvalue weighted by molar-refractivity contribution is 0.188. The molecule has 0 unspecified atom stereocenters. The van der Waals surface area contributed by atoms with E-state index in [0.717, 1.165) is 19.4 Å². The van der Waals surface area contributed by atoms with E-state index in [4.69, 9.17) is 12.2 Å². The Morgan fingerprint density at radius 1 is 1.40 bits per heavy atom. The third-order valence-electron chi connectivity index (χ3n) is 2.91. The van der Waals surface area contributed by atoms with Gasteiger partial charge in [0.1, 0.15) is 12.3 Å². The maximum absolute atomic E-state index is 11.9. The van der Waals surface area contributed by atoms with Crippen molar-refractivity contribution >= 4 is 23.4 Å². The summed E-state index contributed by atoms with van der Waals surface area (Å²) in [6, 6.07) is 0.0703. The number of likely N-dealkylation sites (N-methyl/N-ethyl adjacent to an activating group) is 1. The highest BCUT2D eigenvalue weighted by Crippen LogP contribution is 2.21. The molecule has 2 fully saturated rings. The minimum Gasteiger partial charge on any atom is -0.339 e. The molecule has 0 bridgehead atoms. The standard InChI is InChI=1S/C9H16N4OS/c1-3-4-5-13-7-6(10-8(15)11-7)12(2)9(13)14/h6-7H,3-5H2,1-2H3,(H2,10,11,15)/t6-,7-/m1/s1. The van der Waals surface area contributed by atoms with Gasteiger partial charge in [0.15, 0.2) is 5.11 Å². The molecule has 2 rings (SSSR count). The van der Waals surface area contributed by atoms with Crippen molar-refractivity contribution < 1.29 is 4.79 Å². The third kappa shape index (κ3) is 1.62. The summed E-state index contributed by atoms with van der Waals surface area (Å²) >= 11 is 5.04. The van der Waals surface area contributed by atoms with Crippen LogP contribution in [0.4, 0.5) is 4.79 Å². The van der Waals surface area contributed by atoms with Crippen LogP contribution in [0.5, 0.6) is 0 Å². The fourth-order valence-corrected chi connectivity index (χ4v) is 2.27. The van der Waals surface area contributed by atoms with Gasteiger partial charge in [0.25, 0.3) is 0 Å². The van der Waals surface area contributed by atoms with E-state index in [-0.39, 0.29) is 18.4 Å². The lowest BCUT2D eigenvalue weighted by Crippen LogP contribution is -2.43. The average molecular weight is 228 g/mol. The minimum absolute atomic E-state index is 0.00144. The molecule has 0 aromatic carbocycles. The Balaban J connectivity index is 2.09. The Bertz CT molecular complexity index is 296. The van der Waals surface area contributed by atoms with E-state index in [9.17, 15) is 4.79 Å². The molecule has 0 aliphatic carbocycles. The van der Waals surface area contributed by atoms with Crippen LogP contribution >= 0.6 is 12.2 Å². The van der Waals surface area contributed by atoms with Crippen LogP contribution in [-0.4, -0.2) is 46.9 Å². The summed E-state index contributed by atoms with van der Waals surface area (Å²) in [6.45, 7) is 2.91. The molecule has 0 spiro atoms. The number of nitrogens with one attached hydrogen (secondary N) is 2. The van der Waals surface area contributed by atoms with Gasteiger partial charge >= 0.3 is 6.03 Å². The van der Waals surface area contributed by atoms with Crippen LogP contribution in [0.2, 0.25) is 0 Å².